The van der Waals surface area contributed by atoms with Crippen LogP contribution in [-0.4, -0.2) is 4.57 Å². The number of fused-ring (bicyclic) bond motifs is 1. The highest BCUT2D eigenvalue weighted by Crippen LogP contribution is 2.20. The Morgan fingerprint density at radius 1 is 0.941 bits per heavy atom. The highest BCUT2D eigenvalue weighted by molar-refractivity contribution is 5.81. The van der Waals surface area contributed by atoms with E-state index in [0.29, 0.717) is 0 Å². The van der Waals surface area contributed by atoms with Crippen LogP contribution in [0.3, 0.4) is 0 Å². The molecule has 1 nitrogen and oxygen atoms in total. The first-order valence-electron chi connectivity index (χ1n) is 6.04. The minimum Gasteiger partial charge on any atom is -0.317 e. The summed E-state index contributed by atoms with van der Waals surface area (Å²) in [4.78, 5) is 0. The van der Waals surface area contributed by atoms with E-state index in [1.165, 1.54) is 22.2 Å². The third kappa shape index (κ3) is 1.74. The molecular formula is C16H15N. The molecule has 0 aliphatic rings. The molecule has 0 saturated heterocycles. The van der Waals surface area contributed by atoms with Crippen molar-refractivity contribution in [2.24, 2.45) is 0 Å². The van der Waals surface area contributed by atoms with Gasteiger partial charge in [-0.05, 0) is 41.6 Å². The minimum absolute atomic E-state index is 1.08. The van der Waals surface area contributed by atoms with Crippen molar-refractivity contribution in [1.29, 1.82) is 0 Å². The molecule has 0 aliphatic carbocycles. The van der Waals surface area contributed by atoms with Crippen molar-refractivity contribution in [3.63, 3.8) is 0 Å². The fourth-order valence-electron chi connectivity index (χ4n) is 2.23. The molecule has 2 aromatic carbocycles. The van der Waals surface area contributed by atoms with Crippen LogP contribution in [0.5, 0.6) is 0 Å². The number of hydrogen-bond acceptors (Lipinski definition) is 0. The minimum atomic E-state index is 1.08. The van der Waals surface area contributed by atoms with Gasteiger partial charge in [-0.2, -0.15) is 0 Å². The molecular weight excluding hydrogens is 206 g/mol. The zero-order valence-electron chi connectivity index (χ0n) is 9.93. The van der Waals surface area contributed by atoms with Gasteiger partial charge in [0.25, 0.3) is 0 Å². The van der Waals surface area contributed by atoms with Gasteiger partial charge in [0, 0.05) is 11.9 Å². The van der Waals surface area contributed by atoms with Gasteiger partial charge in [0.05, 0.1) is 5.52 Å². The number of rotatable bonds is 2. The van der Waals surface area contributed by atoms with Crippen molar-refractivity contribution < 1.29 is 0 Å². The zero-order valence-corrected chi connectivity index (χ0v) is 9.93. The molecule has 0 amide bonds. The molecule has 0 radical (unpaired) electrons. The van der Waals surface area contributed by atoms with E-state index >= 15 is 0 Å². The van der Waals surface area contributed by atoms with Crippen LogP contribution in [0.15, 0.2) is 60.8 Å². The molecule has 1 aromatic heterocycles. The van der Waals surface area contributed by atoms with Crippen LogP contribution in [0.1, 0.15) is 12.5 Å². The summed E-state index contributed by atoms with van der Waals surface area (Å²) in [6.45, 7) is 2.19. The second kappa shape index (κ2) is 4.10. The van der Waals surface area contributed by atoms with Gasteiger partial charge in [-0.1, -0.05) is 37.3 Å². The van der Waals surface area contributed by atoms with E-state index in [9.17, 15) is 0 Å². The maximum Gasteiger partial charge on any atom is 0.0528 e. The fourth-order valence-corrected chi connectivity index (χ4v) is 2.23. The average molecular weight is 221 g/mol. The van der Waals surface area contributed by atoms with Crippen molar-refractivity contribution in [2.75, 3.05) is 0 Å². The first-order chi connectivity index (χ1) is 8.38. The lowest BCUT2D eigenvalue weighted by Crippen LogP contribution is -1.92. The second-order valence-electron chi connectivity index (χ2n) is 4.27. The van der Waals surface area contributed by atoms with Crippen molar-refractivity contribution in [1.82, 2.24) is 4.57 Å². The molecule has 1 heterocycles. The van der Waals surface area contributed by atoms with E-state index in [-0.39, 0.29) is 0 Å². The molecule has 0 spiro atoms. The first-order valence-corrected chi connectivity index (χ1v) is 6.04. The number of aromatic nitrogens is 1. The largest absolute Gasteiger partial charge is 0.317 e. The van der Waals surface area contributed by atoms with Crippen LogP contribution in [-0.2, 0) is 6.42 Å². The lowest BCUT2D eigenvalue weighted by molar-refractivity contribution is 1.09. The zero-order chi connectivity index (χ0) is 11.7. The molecule has 84 valence electrons. The van der Waals surface area contributed by atoms with E-state index in [1.54, 1.807) is 0 Å². The molecule has 0 unspecified atom stereocenters. The van der Waals surface area contributed by atoms with Crippen molar-refractivity contribution in [3.8, 4) is 5.69 Å². The summed E-state index contributed by atoms with van der Waals surface area (Å²) < 4.78 is 2.24. The Bertz CT molecular complexity index is 649. The average Bonchev–Trinajstić information content (AvgIpc) is 2.82. The van der Waals surface area contributed by atoms with Crippen LogP contribution in [0.2, 0.25) is 0 Å². The highest BCUT2D eigenvalue weighted by Gasteiger charge is 2.02. The van der Waals surface area contributed by atoms with Gasteiger partial charge in [0.15, 0.2) is 0 Å². The van der Waals surface area contributed by atoms with Gasteiger partial charge in [0.2, 0.25) is 0 Å². The molecule has 0 N–H and O–H groups in total. The number of aryl methyl sites for hydroxylation is 1. The number of hydrogen-bond donors (Lipinski definition) is 0. The summed E-state index contributed by atoms with van der Waals surface area (Å²) in [6, 6.07) is 19.4. The van der Waals surface area contributed by atoms with E-state index in [1.807, 2.05) is 0 Å². The summed E-state index contributed by atoms with van der Waals surface area (Å²) in [5.74, 6) is 0. The van der Waals surface area contributed by atoms with Crippen LogP contribution < -0.4 is 0 Å². The number of nitrogens with zero attached hydrogens (tertiary/aromatic N) is 1. The molecule has 3 rings (SSSR count). The van der Waals surface area contributed by atoms with E-state index < -0.39 is 0 Å². The van der Waals surface area contributed by atoms with Gasteiger partial charge < -0.3 is 4.57 Å². The molecule has 0 atom stereocenters. The number of para-hydroxylation sites is 1. The highest BCUT2D eigenvalue weighted by atomic mass is 15.0. The van der Waals surface area contributed by atoms with Crippen molar-refractivity contribution in [2.45, 2.75) is 13.3 Å². The van der Waals surface area contributed by atoms with E-state index in [0.717, 1.165) is 6.42 Å². The van der Waals surface area contributed by atoms with Gasteiger partial charge in [-0.15, -0.1) is 0 Å². The van der Waals surface area contributed by atoms with Gasteiger partial charge in [-0.25, -0.2) is 0 Å². The summed E-state index contributed by atoms with van der Waals surface area (Å²) in [7, 11) is 0. The van der Waals surface area contributed by atoms with Gasteiger partial charge in [0.1, 0.15) is 0 Å². The standard InChI is InChI=1S/C16H15N/c1-2-13-6-5-8-15(12-13)17-11-10-14-7-3-4-9-16(14)17/h3-12H,2H2,1H3. The molecule has 0 saturated carbocycles. The Labute approximate surface area is 101 Å². The quantitative estimate of drug-likeness (QED) is 0.611. The predicted octanol–water partition coefficient (Wildman–Crippen LogP) is 4.19. The van der Waals surface area contributed by atoms with E-state index in [2.05, 4.69) is 72.3 Å². The summed E-state index contributed by atoms with van der Waals surface area (Å²) in [5, 5.41) is 1.29. The van der Waals surface area contributed by atoms with Gasteiger partial charge in [-0.3, -0.25) is 0 Å². The van der Waals surface area contributed by atoms with Crippen LogP contribution >= 0.6 is 0 Å². The Balaban J connectivity index is 2.20. The Hall–Kier alpha value is -2.02. The third-order valence-electron chi connectivity index (χ3n) is 3.20. The van der Waals surface area contributed by atoms with E-state index in [4.69, 9.17) is 0 Å². The normalized spacial score (nSPS) is 10.9. The summed E-state index contributed by atoms with van der Waals surface area (Å²) in [6.07, 6.45) is 3.21. The molecule has 17 heavy (non-hydrogen) atoms. The third-order valence-corrected chi connectivity index (χ3v) is 3.20. The lowest BCUT2D eigenvalue weighted by Gasteiger charge is -2.07. The lowest BCUT2D eigenvalue weighted by atomic mass is 10.1. The SMILES string of the molecule is CCc1cccc(-n2ccc3ccccc32)c1. The summed E-state index contributed by atoms with van der Waals surface area (Å²) >= 11 is 0. The van der Waals surface area contributed by atoms with Crippen LogP contribution in [0.25, 0.3) is 16.6 Å². The second-order valence-corrected chi connectivity index (χ2v) is 4.27. The smallest absolute Gasteiger partial charge is 0.0528 e. The maximum absolute atomic E-state index is 2.26. The molecule has 0 aliphatic heterocycles. The molecule has 1 heteroatoms. The Morgan fingerprint density at radius 2 is 1.82 bits per heavy atom. The van der Waals surface area contributed by atoms with Crippen LogP contribution in [0, 0.1) is 0 Å². The van der Waals surface area contributed by atoms with Crippen LogP contribution in [0.4, 0.5) is 0 Å². The molecule has 0 bridgehead atoms. The van der Waals surface area contributed by atoms with Crippen molar-refractivity contribution in [3.05, 3.63) is 66.4 Å². The van der Waals surface area contributed by atoms with Crippen molar-refractivity contribution >= 4 is 10.9 Å². The Morgan fingerprint density at radius 3 is 2.71 bits per heavy atom. The monoisotopic (exact) mass is 221 g/mol. The topological polar surface area (TPSA) is 4.93 Å². The first kappa shape index (κ1) is 10.2. The maximum atomic E-state index is 2.26. The fraction of sp³-hybridized carbons (Fsp3) is 0.125. The molecule has 3 aromatic rings. The predicted molar refractivity (Wildman–Crippen MR) is 72.7 cm³/mol. The molecule has 0 fully saturated rings. The summed E-state index contributed by atoms with van der Waals surface area (Å²) in [5.41, 5.74) is 3.88. The number of benzene rings is 2. The van der Waals surface area contributed by atoms with Gasteiger partial charge >= 0.3 is 0 Å². The Kier molecular flexibility index (Phi) is 2.45.